The zero-order chi connectivity index (χ0) is 11.4. The van der Waals surface area contributed by atoms with E-state index in [1.165, 1.54) is 0 Å². The summed E-state index contributed by atoms with van der Waals surface area (Å²) in [5.74, 6) is 0. The summed E-state index contributed by atoms with van der Waals surface area (Å²) < 4.78 is 0. The zero-order valence-corrected chi connectivity index (χ0v) is 11.1. The molecule has 0 bridgehead atoms. The molecule has 0 unspecified atom stereocenters. The third-order valence-electron chi connectivity index (χ3n) is 2.09. The average Bonchev–Trinajstić information content (AvgIpc) is 2.87. The summed E-state index contributed by atoms with van der Waals surface area (Å²) in [5.41, 5.74) is 2.18. The Labute approximate surface area is 104 Å². The molecule has 0 saturated carbocycles. The summed E-state index contributed by atoms with van der Waals surface area (Å²) in [6, 6.07) is 0. The number of hydrogen-bond acceptors (Lipinski definition) is 5. The van der Waals surface area contributed by atoms with Crippen molar-refractivity contribution in [1.82, 2.24) is 15.3 Å². The Morgan fingerprint density at radius 1 is 1.19 bits per heavy atom. The summed E-state index contributed by atoms with van der Waals surface area (Å²) in [4.78, 5) is 9.01. The molecule has 2 rings (SSSR count). The molecular weight excluding hydrogens is 238 g/mol. The van der Waals surface area contributed by atoms with Crippen molar-refractivity contribution in [2.75, 3.05) is 6.54 Å². The van der Waals surface area contributed by atoms with Crippen molar-refractivity contribution in [3.05, 3.63) is 22.1 Å². The Morgan fingerprint density at radius 2 is 1.94 bits per heavy atom. The highest BCUT2D eigenvalue weighted by Gasteiger charge is 2.07. The third-order valence-corrected chi connectivity index (χ3v) is 4.08. The highest BCUT2D eigenvalue weighted by atomic mass is 32.1. The van der Waals surface area contributed by atoms with E-state index in [1.807, 2.05) is 6.92 Å². The Morgan fingerprint density at radius 3 is 2.62 bits per heavy atom. The fraction of sp³-hybridized carbons (Fsp3) is 0.455. The molecule has 0 aliphatic rings. The molecule has 2 aromatic heterocycles. The van der Waals surface area contributed by atoms with Gasteiger partial charge in [-0.05, 0) is 19.9 Å². The monoisotopic (exact) mass is 253 g/mol. The van der Waals surface area contributed by atoms with Crippen molar-refractivity contribution in [2.24, 2.45) is 0 Å². The van der Waals surface area contributed by atoms with Crippen molar-refractivity contribution in [3.63, 3.8) is 0 Å². The van der Waals surface area contributed by atoms with Crippen LogP contribution in [0.25, 0.3) is 10.0 Å². The molecule has 0 atom stereocenters. The molecule has 0 amide bonds. The number of aryl methyl sites for hydroxylation is 1. The molecular formula is C11H15N3S2. The van der Waals surface area contributed by atoms with Gasteiger partial charge >= 0.3 is 0 Å². The van der Waals surface area contributed by atoms with E-state index in [-0.39, 0.29) is 0 Å². The quantitative estimate of drug-likeness (QED) is 0.832. The lowest BCUT2D eigenvalue weighted by Crippen LogP contribution is -2.13. The Kier molecular flexibility index (Phi) is 4.04. The second-order valence-electron chi connectivity index (χ2n) is 3.61. The van der Waals surface area contributed by atoms with Crippen LogP contribution < -0.4 is 5.32 Å². The molecule has 86 valence electrons. The van der Waals surface area contributed by atoms with Crippen LogP contribution in [0.3, 0.4) is 0 Å². The fourth-order valence-electron chi connectivity index (χ4n) is 1.33. The summed E-state index contributed by atoms with van der Waals surface area (Å²) in [5, 5.41) is 9.58. The maximum atomic E-state index is 4.57. The largest absolute Gasteiger partial charge is 0.311 e. The maximum absolute atomic E-state index is 4.57. The molecule has 3 nitrogen and oxygen atoms in total. The zero-order valence-electron chi connectivity index (χ0n) is 9.49. The number of hydrogen-bond donors (Lipinski definition) is 1. The molecule has 0 aromatic carbocycles. The summed E-state index contributed by atoms with van der Waals surface area (Å²) in [7, 11) is 0. The van der Waals surface area contributed by atoms with Crippen LogP contribution in [0.2, 0.25) is 0 Å². The first-order chi connectivity index (χ1) is 7.79. The van der Waals surface area contributed by atoms with Gasteiger partial charge in [0.15, 0.2) is 10.0 Å². The van der Waals surface area contributed by atoms with Gasteiger partial charge in [0.25, 0.3) is 0 Å². The van der Waals surface area contributed by atoms with Gasteiger partial charge in [0.2, 0.25) is 0 Å². The topological polar surface area (TPSA) is 37.8 Å². The van der Waals surface area contributed by atoms with E-state index in [2.05, 4.69) is 33.0 Å². The van der Waals surface area contributed by atoms with Crippen LogP contribution in [0, 0.1) is 6.92 Å². The van der Waals surface area contributed by atoms with Crippen molar-refractivity contribution in [1.29, 1.82) is 0 Å². The van der Waals surface area contributed by atoms with E-state index in [0.717, 1.165) is 40.9 Å². The second kappa shape index (κ2) is 5.52. The van der Waals surface area contributed by atoms with Crippen LogP contribution >= 0.6 is 22.7 Å². The van der Waals surface area contributed by atoms with Crippen molar-refractivity contribution in [2.45, 2.75) is 26.8 Å². The molecule has 0 aliphatic heterocycles. The van der Waals surface area contributed by atoms with Gasteiger partial charge in [-0.2, -0.15) is 0 Å². The minimum absolute atomic E-state index is 0.856. The predicted octanol–water partition coefficient (Wildman–Crippen LogP) is 3.07. The molecule has 2 aromatic rings. The lowest BCUT2D eigenvalue weighted by molar-refractivity contribution is 0.667. The number of thiazole rings is 2. The number of aromatic nitrogens is 2. The lowest BCUT2D eigenvalue weighted by atomic mass is 10.4. The first-order valence-electron chi connectivity index (χ1n) is 5.37. The van der Waals surface area contributed by atoms with Crippen LogP contribution in [0.5, 0.6) is 0 Å². The number of rotatable bonds is 5. The highest BCUT2D eigenvalue weighted by Crippen LogP contribution is 2.26. The highest BCUT2D eigenvalue weighted by molar-refractivity contribution is 7.19. The number of nitrogens with zero attached hydrogens (tertiary/aromatic N) is 2. The lowest BCUT2D eigenvalue weighted by Gasteiger charge is -1.97. The molecule has 0 aliphatic carbocycles. The van der Waals surface area contributed by atoms with Crippen LogP contribution in [0.1, 0.15) is 24.7 Å². The smallest absolute Gasteiger partial charge is 0.152 e. The molecule has 0 saturated heterocycles. The van der Waals surface area contributed by atoms with Gasteiger partial charge in [-0.1, -0.05) is 6.92 Å². The fourth-order valence-corrected chi connectivity index (χ4v) is 3.00. The van der Waals surface area contributed by atoms with Crippen LogP contribution in [0.4, 0.5) is 0 Å². The molecule has 0 spiro atoms. The van der Waals surface area contributed by atoms with Crippen LogP contribution in [-0.4, -0.2) is 16.5 Å². The van der Waals surface area contributed by atoms with E-state index in [9.17, 15) is 0 Å². The molecule has 0 radical (unpaired) electrons. The van der Waals surface area contributed by atoms with Gasteiger partial charge < -0.3 is 5.32 Å². The van der Waals surface area contributed by atoms with Crippen molar-refractivity contribution in [3.8, 4) is 10.0 Å². The molecule has 2 heterocycles. The second-order valence-corrected chi connectivity index (χ2v) is 5.33. The van der Waals surface area contributed by atoms with Gasteiger partial charge in [-0.25, -0.2) is 9.97 Å². The van der Waals surface area contributed by atoms with Crippen molar-refractivity contribution < 1.29 is 0 Å². The molecule has 1 N–H and O–H groups in total. The maximum Gasteiger partial charge on any atom is 0.152 e. The van der Waals surface area contributed by atoms with Gasteiger partial charge in [0.05, 0.1) is 5.69 Å². The Bertz CT molecular complexity index is 448. The van der Waals surface area contributed by atoms with Gasteiger partial charge in [0, 0.05) is 23.0 Å². The van der Waals surface area contributed by atoms with Gasteiger partial charge in [-0.15, -0.1) is 22.7 Å². The van der Waals surface area contributed by atoms with E-state index in [1.54, 1.807) is 22.7 Å². The molecule has 16 heavy (non-hydrogen) atoms. The van der Waals surface area contributed by atoms with E-state index < -0.39 is 0 Å². The van der Waals surface area contributed by atoms with E-state index in [4.69, 9.17) is 0 Å². The summed E-state index contributed by atoms with van der Waals surface area (Å²) >= 11 is 3.33. The minimum Gasteiger partial charge on any atom is -0.311 e. The average molecular weight is 253 g/mol. The number of nitrogens with one attached hydrogen (secondary N) is 1. The Hall–Kier alpha value is -0.780. The minimum atomic E-state index is 0.856. The normalized spacial score (nSPS) is 10.9. The van der Waals surface area contributed by atoms with E-state index in [0.29, 0.717) is 0 Å². The summed E-state index contributed by atoms with van der Waals surface area (Å²) in [6.45, 7) is 6.08. The first-order valence-corrected chi connectivity index (χ1v) is 7.13. The first kappa shape index (κ1) is 11.7. The van der Waals surface area contributed by atoms with Crippen LogP contribution in [-0.2, 0) is 6.54 Å². The molecule has 5 heteroatoms. The van der Waals surface area contributed by atoms with Gasteiger partial charge in [-0.3, -0.25) is 0 Å². The van der Waals surface area contributed by atoms with E-state index >= 15 is 0 Å². The third kappa shape index (κ3) is 2.87. The standard InChI is InChI=1S/C11H15N3S2/c1-3-4-12-5-9-7-16-11(14-9)10-13-8(2)6-15-10/h6-7,12H,3-5H2,1-2H3. The van der Waals surface area contributed by atoms with Crippen molar-refractivity contribution >= 4 is 22.7 Å². The summed E-state index contributed by atoms with van der Waals surface area (Å²) in [6.07, 6.45) is 1.16. The SMILES string of the molecule is CCCNCc1csc(-c2nc(C)cs2)n1. The molecule has 0 fully saturated rings. The van der Waals surface area contributed by atoms with Crippen LogP contribution in [0.15, 0.2) is 10.8 Å². The van der Waals surface area contributed by atoms with Gasteiger partial charge in [0.1, 0.15) is 0 Å². The predicted molar refractivity (Wildman–Crippen MR) is 70.0 cm³/mol. The Balaban J connectivity index is 2.02.